The van der Waals surface area contributed by atoms with Crippen LogP contribution >= 0.6 is 12.4 Å². The summed E-state index contributed by atoms with van der Waals surface area (Å²) in [6.07, 6.45) is 4.96. The highest BCUT2D eigenvalue weighted by atomic mass is 35.5. The van der Waals surface area contributed by atoms with Gasteiger partial charge in [0.1, 0.15) is 0 Å². The maximum absolute atomic E-state index is 12.7. The van der Waals surface area contributed by atoms with Gasteiger partial charge in [0, 0.05) is 25.6 Å². The molecule has 0 aromatic heterocycles. The molecule has 3 N–H and O–H groups in total. The lowest BCUT2D eigenvalue weighted by atomic mass is 9.67. The highest BCUT2D eigenvalue weighted by Crippen LogP contribution is 2.43. The Balaban J connectivity index is 0.00000225. The summed E-state index contributed by atoms with van der Waals surface area (Å²) >= 11 is 0. The quantitative estimate of drug-likeness (QED) is 0.609. The Morgan fingerprint density at radius 3 is 2.72 bits per heavy atom. The Morgan fingerprint density at radius 2 is 2.00 bits per heavy atom. The summed E-state index contributed by atoms with van der Waals surface area (Å²) in [5.41, 5.74) is -0.297. The fraction of sp³-hybridized carbons (Fsp3) is 0.875. The first-order valence-corrected chi connectivity index (χ1v) is 10.7. The topological polar surface area (TPSA) is 104 Å². The number of carbonyl (C=O) groups is 2. The van der Waals surface area contributed by atoms with Crippen LogP contribution < -0.4 is 16.0 Å². The van der Waals surface area contributed by atoms with Crippen LogP contribution in [-0.2, 0) is 19.4 Å². The van der Waals surface area contributed by atoms with E-state index in [0.717, 1.165) is 32.4 Å². The van der Waals surface area contributed by atoms with Crippen LogP contribution in [0.5, 0.6) is 0 Å². The molecular weight excluding hydrogens is 366 g/mol. The number of carbonyl (C=O) groups excluding carboxylic acids is 2. The van der Waals surface area contributed by atoms with Crippen LogP contribution in [0.4, 0.5) is 0 Å². The summed E-state index contributed by atoms with van der Waals surface area (Å²) in [6, 6.07) is -0.279. The predicted octanol–water partition coefficient (Wildman–Crippen LogP) is -0.00240. The third-order valence-corrected chi connectivity index (χ3v) is 7.49. The molecule has 1 saturated carbocycles. The van der Waals surface area contributed by atoms with Gasteiger partial charge in [-0.25, -0.2) is 8.42 Å². The third-order valence-electron chi connectivity index (χ3n) is 5.73. The Labute approximate surface area is 155 Å². The maximum Gasteiger partial charge on any atom is 0.227 e. The van der Waals surface area contributed by atoms with Crippen molar-refractivity contribution in [1.82, 2.24) is 16.0 Å². The molecule has 9 heteroatoms. The highest BCUT2D eigenvalue weighted by molar-refractivity contribution is 7.91. The zero-order valence-corrected chi connectivity index (χ0v) is 16.0. The van der Waals surface area contributed by atoms with E-state index in [1.165, 1.54) is 6.42 Å². The van der Waals surface area contributed by atoms with E-state index in [2.05, 4.69) is 16.0 Å². The first-order valence-electron chi connectivity index (χ1n) is 8.90. The Morgan fingerprint density at radius 1 is 1.20 bits per heavy atom. The average molecular weight is 394 g/mol. The minimum atomic E-state index is -2.99. The molecule has 0 aromatic rings. The molecule has 2 aliphatic heterocycles. The number of fused-ring (bicyclic) bond motifs is 1. The molecule has 3 aliphatic rings. The van der Waals surface area contributed by atoms with Crippen molar-refractivity contribution >= 4 is 34.1 Å². The van der Waals surface area contributed by atoms with Crippen LogP contribution in [0.15, 0.2) is 0 Å². The van der Waals surface area contributed by atoms with Crippen molar-refractivity contribution in [3.63, 3.8) is 0 Å². The van der Waals surface area contributed by atoms with Crippen molar-refractivity contribution in [3.05, 3.63) is 0 Å². The first kappa shape index (κ1) is 20.5. The van der Waals surface area contributed by atoms with E-state index in [0.29, 0.717) is 18.9 Å². The lowest BCUT2D eigenvalue weighted by Crippen LogP contribution is -2.48. The molecule has 2 saturated heterocycles. The molecule has 144 valence electrons. The van der Waals surface area contributed by atoms with Crippen LogP contribution in [0.1, 0.15) is 38.5 Å². The Bertz CT molecular complexity index is 613. The van der Waals surface area contributed by atoms with Gasteiger partial charge in [0.15, 0.2) is 9.84 Å². The molecule has 1 aliphatic carbocycles. The maximum atomic E-state index is 12.7. The van der Waals surface area contributed by atoms with Gasteiger partial charge in [-0.15, -0.1) is 12.4 Å². The van der Waals surface area contributed by atoms with Gasteiger partial charge >= 0.3 is 0 Å². The van der Waals surface area contributed by atoms with E-state index in [1.807, 2.05) is 0 Å². The predicted molar refractivity (Wildman–Crippen MR) is 97.3 cm³/mol. The van der Waals surface area contributed by atoms with Gasteiger partial charge in [0.05, 0.1) is 16.9 Å². The Kier molecular flexibility index (Phi) is 6.73. The van der Waals surface area contributed by atoms with E-state index in [4.69, 9.17) is 0 Å². The molecule has 7 nitrogen and oxygen atoms in total. The summed E-state index contributed by atoms with van der Waals surface area (Å²) in [5, 5.41) is 9.02. The molecule has 2 heterocycles. The largest absolute Gasteiger partial charge is 0.355 e. The number of hydrogen-bond donors (Lipinski definition) is 3. The second-order valence-electron chi connectivity index (χ2n) is 7.40. The average Bonchev–Trinajstić information content (AvgIpc) is 3.11. The van der Waals surface area contributed by atoms with Crippen LogP contribution in [-0.4, -0.2) is 57.4 Å². The van der Waals surface area contributed by atoms with E-state index in [1.54, 1.807) is 0 Å². The molecule has 25 heavy (non-hydrogen) atoms. The van der Waals surface area contributed by atoms with Gasteiger partial charge in [-0.3, -0.25) is 9.59 Å². The Hall–Kier alpha value is -0.860. The molecule has 0 radical (unpaired) electrons. The zero-order valence-electron chi connectivity index (χ0n) is 14.4. The molecule has 3 fully saturated rings. The van der Waals surface area contributed by atoms with Crippen LogP contribution in [0, 0.1) is 11.3 Å². The fourth-order valence-corrected chi connectivity index (χ4v) is 6.04. The second-order valence-corrected chi connectivity index (χ2v) is 9.63. The number of sulfone groups is 1. The van der Waals surface area contributed by atoms with Gasteiger partial charge in [-0.1, -0.05) is 12.8 Å². The van der Waals surface area contributed by atoms with Crippen molar-refractivity contribution in [1.29, 1.82) is 0 Å². The second kappa shape index (κ2) is 8.22. The number of halogens is 1. The lowest BCUT2D eigenvalue weighted by Gasteiger charge is -2.37. The van der Waals surface area contributed by atoms with Crippen molar-refractivity contribution in [2.75, 3.05) is 31.1 Å². The van der Waals surface area contributed by atoms with Crippen molar-refractivity contribution in [3.8, 4) is 0 Å². The van der Waals surface area contributed by atoms with E-state index >= 15 is 0 Å². The van der Waals surface area contributed by atoms with Crippen LogP contribution in [0.25, 0.3) is 0 Å². The molecule has 0 spiro atoms. The molecule has 2 amide bonds. The van der Waals surface area contributed by atoms with Crippen LogP contribution in [0.2, 0.25) is 0 Å². The first-order chi connectivity index (χ1) is 11.4. The highest BCUT2D eigenvalue weighted by Gasteiger charge is 2.49. The van der Waals surface area contributed by atoms with E-state index in [-0.39, 0.29) is 53.6 Å². The molecule has 1 unspecified atom stereocenters. The summed E-state index contributed by atoms with van der Waals surface area (Å²) in [6.45, 7) is 1.94. The van der Waals surface area contributed by atoms with Gasteiger partial charge in [0.2, 0.25) is 11.8 Å². The number of rotatable bonds is 5. The molecule has 0 bridgehead atoms. The van der Waals surface area contributed by atoms with Gasteiger partial charge < -0.3 is 16.0 Å². The van der Waals surface area contributed by atoms with Crippen molar-refractivity contribution in [2.45, 2.75) is 44.6 Å². The normalized spacial score (nSPS) is 33.1. The van der Waals surface area contributed by atoms with Gasteiger partial charge in [-0.2, -0.15) is 0 Å². The standard InChI is InChI=1S/C16H27N3O4S.ClH/c20-14(19-13-5-8-24(22,23)10-13)4-7-18-15(21)16-6-2-1-3-12(16)9-17-11-16;/h12-13,17H,1-11H2,(H,18,21)(H,19,20);1H/t12-,13?,16+;/m0./s1. The van der Waals surface area contributed by atoms with E-state index in [9.17, 15) is 18.0 Å². The molecule has 3 atom stereocenters. The minimum Gasteiger partial charge on any atom is -0.355 e. The zero-order chi connectivity index (χ0) is 17.2. The number of amides is 2. The van der Waals surface area contributed by atoms with Crippen molar-refractivity contribution < 1.29 is 18.0 Å². The smallest absolute Gasteiger partial charge is 0.227 e. The molecular formula is C16H28ClN3O4S. The lowest BCUT2D eigenvalue weighted by molar-refractivity contribution is -0.134. The SMILES string of the molecule is Cl.O=C(CCNC(=O)[C@@]12CCCC[C@H]1CNC2)NC1CCS(=O)(=O)C1. The third kappa shape index (κ3) is 4.65. The van der Waals surface area contributed by atoms with Crippen LogP contribution in [0.3, 0.4) is 0 Å². The van der Waals surface area contributed by atoms with Gasteiger partial charge in [-0.05, 0) is 31.7 Å². The number of hydrogen-bond acceptors (Lipinski definition) is 5. The minimum absolute atomic E-state index is 0. The molecule has 0 aromatic carbocycles. The van der Waals surface area contributed by atoms with Crippen molar-refractivity contribution in [2.24, 2.45) is 11.3 Å². The summed E-state index contributed by atoms with van der Waals surface area (Å²) in [5.74, 6) is 0.449. The summed E-state index contributed by atoms with van der Waals surface area (Å²) in [7, 11) is -2.99. The summed E-state index contributed by atoms with van der Waals surface area (Å²) in [4.78, 5) is 24.6. The monoisotopic (exact) mass is 393 g/mol. The van der Waals surface area contributed by atoms with Gasteiger partial charge in [0.25, 0.3) is 0 Å². The summed E-state index contributed by atoms with van der Waals surface area (Å²) < 4.78 is 22.8. The molecule has 3 rings (SSSR count). The van der Waals surface area contributed by atoms with E-state index < -0.39 is 9.84 Å². The fourth-order valence-electron chi connectivity index (χ4n) is 4.36. The number of nitrogens with one attached hydrogen (secondary N) is 3.